The first-order chi connectivity index (χ1) is 7.79. The first kappa shape index (κ1) is 12.4. The lowest BCUT2D eigenvalue weighted by Gasteiger charge is -2.32. The van der Waals surface area contributed by atoms with E-state index >= 15 is 0 Å². The number of rotatable bonds is 4. The second kappa shape index (κ2) is 6.02. The van der Waals surface area contributed by atoms with Crippen molar-refractivity contribution in [2.24, 2.45) is 11.8 Å². The molecule has 90 valence electrons. The van der Waals surface area contributed by atoms with Gasteiger partial charge >= 0.3 is 0 Å². The monoisotopic (exact) mass is 257 g/mol. The largest absolute Gasteiger partial charge is 0.250 e. The van der Waals surface area contributed by atoms with Gasteiger partial charge in [0.1, 0.15) is 0 Å². The quantitative estimate of drug-likeness (QED) is 0.724. The van der Waals surface area contributed by atoms with Gasteiger partial charge < -0.3 is 0 Å². The van der Waals surface area contributed by atoms with Crippen molar-refractivity contribution in [3.63, 3.8) is 0 Å². The summed E-state index contributed by atoms with van der Waals surface area (Å²) in [7, 11) is 0. The van der Waals surface area contributed by atoms with Crippen LogP contribution in [0.1, 0.15) is 44.0 Å². The topological polar surface area (TPSA) is 12.9 Å². The van der Waals surface area contributed by atoms with Gasteiger partial charge in [-0.2, -0.15) is 0 Å². The Morgan fingerprint density at radius 3 is 3.06 bits per heavy atom. The van der Waals surface area contributed by atoms with E-state index in [9.17, 15) is 0 Å². The number of hydrogen-bond donors (Lipinski definition) is 0. The molecule has 0 radical (unpaired) electrons. The van der Waals surface area contributed by atoms with Crippen LogP contribution < -0.4 is 0 Å². The minimum atomic E-state index is 0.372. The van der Waals surface area contributed by atoms with Crippen LogP contribution in [0.3, 0.4) is 0 Å². The van der Waals surface area contributed by atoms with Gasteiger partial charge in [-0.3, -0.25) is 0 Å². The van der Waals surface area contributed by atoms with Crippen molar-refractivity contribution in [2.45, 2.75) is 50.8 Å². The fourth-order valence-corrected chi connectivity index (χ4v) is 3.81. The van der Waals surface area contributed by atoms with E-state index in [0.717, 1.165) is 12.3 Å². The van der Waals surface area contributed by atoms with Crippen molar-refractivity contribution >= 4 is 22.9 Å². The summed E-state index contributed by atoms with van der Waals surface area (Å²) in [5.74, 6) is 1.56. The Kier molecular flexibility index (Phi) is 4.66. The summed E-state index contributed by atoms with van der Waals surface area (Å²) in [4.78, 5) is 4.38. The second-order valence-electron chi connectivity index (χ2n) is 4.87. The first-order valence-corrected chi connectivity index (χ1v) is 7.63. The van der Waals surface area contributed by atoms with Crippen molar-refractivity contribution in [3.8, 4) is 0 Å². The number of alkyl halides is 1. The van der Waals surface area contributed by atoms with Crippen molar-refractivity contribution in [1.29, 1.82) is 0 Å². The molecule has 0 amide bonds. The zero-order chi connectivity index (χ0) is 11.4. The fourth-order valence-electron chi connectivity index (χ4n) is 2.78. The standard InChI is InChI=1S/C13H20ClNS/c1-2-3-10-4-5-12(14)11(8-10)9-13-15-6-7-16-13/h6-7,10-12H,2-5,8-9H2,1H3. The highest BCUT2D eigenvalue weighted by Crippen LogP contribution is 2.37. The molecule has 0 N–H and O–H groups in total. The molecule has 1 nitrogen and oxygen atoms in total. The lowest BCUT2D eigenvalue weighted by molar-refractivity contribution is 0.257. The van der Waals surface area contributed by atoms with Gasteiger partial charge in [0.05, 0.1) is 5.01 Å². The van der Waals surface area contributed by atoms with Crippen LogP contribution >= 0.6 is 22.9 Å². The Hall–Kier alpha value is -0.0800. The molecule has 16 heavy (non-hydrogen) atoms. The molecule has 0 aromatic carbocycles. The summed E-state index contributed by atoms with van der Waals surface area (Å²) < 4.78 is 0. The van der Waals surface area contributed by atoms with Crippen LogP contribution in [-0.4, -0.2) is 10.4 Å². The van der Waals surface area contributed by atoms with Crippen molar-refractivity contribution in [3.05, 3.63) is 16.6 Å². The molecule has 3 heteroatoms. The summed E-state index contributed by atoms with van der Waals surface area (Å²) >= 11 is 8.21. The van der Waals surface area contributed by atoms with E-state index in [4.69, 9.17) is 11.6 Å². The first-order valence-electron chi connectivity index (χ1n) is 6.32. The molecule has 1 aliphatic rings. The Morgan fingerprint density at radius 2 is 2.38 bits per heavy atom. The number of hydrogen-bond acceptors (Lipinski definition) is 2. The maximum atomic E-state index is 6.44. The summed E-state index contributed by atoms with van der Waals surface area (Å²) in [6.07, 6.45) is 9.50. The molecule has 3 atom stereocenters. The SMILES string of the molecule is CCCC1CCC(Cl)C(Cc2nccs2)C1. The molecule has 1 fully saturated rings. The third-order valence-electron chi connectivity index (χ3n) is 3.62. The van der Waals surface area contributed by atoms with Gasteiger partial charge in [0.25, 0.3) is 0 Å². The zero-order valence-corrected chi connectivity index (χ0v) is 11.4. The smallest absolute Gasteiger partial charge is 0.0928 e. The molecule has 0 saturated heterocycles. The summed E-state index contributed by atoms with van der Waals surface area (Å²) in [5.41, 5.74) is 0. The Bertz CT molecular complexity index is 299. The number of aromatic nitrogens is 1. The maximum Gasteiger partial charge on any atom is 0.0928 e. The van der Waals surface area contributed by atoms with Crippen molar-refractivity contribution in [2.75, 3.05) is 0 Å². The normalized spacial score (nSPS) is 30.5. The van der Waals surface area contributed by atoms with E-state index in [1.165, 1.54) is 37.1 Å². The fraction of sp³-hybridized carbons (Fsp3) is 0.769. The van der Waals surface area contributed by atoms with Gasteiger partial charge in [-0.05, 0) is 31.1 Å². The lowest BCUT2D eigenvalue weighted by atomic mass is 9.78. The van der Waals surface area contributed by atoms with Crippen LogP contribution in [0.15, 0.2) is 11.6 Å². The minimum Gasteiger partial charge on any atom is -0.250 e. The molecule has 0 bridgehead atoms. The summed E-state index contributed by atoms with van der Waals surface area (Å²) in [6.45, 7) is 2.28. The zero-order valence-electron chi connectivity index (χ0n) is 9.86. The third-order valence-corrected chi connectivity index (χ3v) is 4.99. The van der Waals surface area contributed by atoms with Gasteiger partial charge in [-0.25, -0.2) is 4.98 Å². The van der Waals surface area contributed by atoms with E-state index in [0.29, 0.717) is 11.3 Å². The van der Waals surface area contributed by atoms with Gasteiger partial charge in [0, 0.05) is 23.4 Å². The molecule has 0 aliphatic heterocycles. The molecule has 1 heterocycles. The highest BCUT2D eigenvalue weighted by atomic mass is 35.5. The van der Waals surface area contributed by atoms with Crippen LogP contribution in [-0.2, 0) is 6.42 Å². The van der Waals surface area contributed by atoms with Crippen molar-refractivity contribution < 1.29 is 0 Å². The highest BCUT2D eigenvalue weighted by molar-refractivity contribution is 7.09. The molecule has 0 spiro atoms. The third kappa shape index (κ3) is 3.21. The molecule has 2 rings (SSSR count). The Labute approximate surface area is 107 Å². The highest BCUT2D eigenvalue weighted by Gasteiger charge is 2.29. The van der Waals surface area contributed by atoms with Gasteiger partial charge in [0.15, 0.2) is 0 Å². The Balaban J connectivity index is 1.91. The average Bonchev–Trinajstić information content (AvgIpc) is 2.76. The van der Waals surface area contributed by atoms with E-state index in [-0.39, 0.29) is 0 Å². The predicted molar refractivity (Wildman–Crippen MR) is 71.2 cm³/mol. The minimum absolute atomic E-state index is 0.372. The molecular formula is C13H20ClNS. The average molecular weight is 258 g/mol. The molecular weight excluding hydrogens is 238 g/mol. The molecule has 1 saturated carbocycles. The van der Waals surface area contributed by atoms with Crippen LogP contribution in [0, 0.1) is 11.8 Å². The van der Waals surface area contributed by atoms with Crippen LogP contribution in [0.25, 0.3) is 0 Å². The second-order valence-corrected chi connectivity index (χ2v) is 6.41. The van der Waals surface area contributed by atoms with Crippen LogP contribution in [0.5, 0.6) is 0 Å². The van der Waals surface area contributed by atoms with Crippen molar-refractivity contribution in [1.82, 2.24) is 4.98 Å². The van der Waals surface area contributed by atoms with E-state index < -0.39 is 0 Å². The number of nitrogens with zero attached hydrogens (tertiary/aromatic N) is 1. The molecule has 3 unspecified atom stereocenters. The van der Waals surface area contributed by atoms with E-state index in [2.05, 4.69) is 17.3 Å². The predicted octanol–water partition coefficient (Wildman–Crippen LogP) is 4.51. The van der Waals surface area contributed by atoms with Gasteiger partial charge in [-0.15, -0.1) is 22.9 Å². The number of halogens is 1. The molecule has 1 aliphatic carbocycles. The van der Waals surface area contributed by atoms with Gasteiger partial charge in [-0.1, -0.05) is 19.8 Å². The molecule has 1 aromatic rings. The van der Waals surface area contributed by atoms with Gasteiger partial charge in [0.2, 0.25) is 0 Å². The number of thiazole rings is 1. The van der Waals surface area contributed by atoms with E-state index in [1.54, 1.807) is 11.3 Å². The van der Waals surface area contributed by atoms with Crippen LogP contribution in [0.4, 0.5) is 0 Å². The summed E-state index contributed by atoms with van der Waals surface area (Å²) in [5, 5.41) is 3.69. The lowest BCUT2D eigenvalue weighted by Crippen LogP contribution is -2.27. The molecule has 1 aromatic heterocycles. The van der Waals surface area contributed by atoms with Crippen LogP contribution in [0.2, 0.25) is 0 Å². The maximum absolute atomic E-state index is 6.44. The Morgan fingerprint density at radius 1 is 1.50 bits per heavy atom. The summed E-state index contributed by atoms with van der Waals surface area (Å²) in [6, 6.07) is 0. The van der Waals surface area contributed by atoms with E-state index in [1.807, 2.05) is 6.20 Å².